The maximum atomic E-state index is 6.34. The van der Waals surface area contributed by atoms with Gasteiger partial charge in [0.25, 0.3) is 0 Å². The van der Waals surface area contributed by atoms with E-state index >= 15 is 0 Å². The molecule has 20 atom stereocenters. The SMILES string of the molecule is COCC1OC(OCC2OC(OCC3OC(OCC4OC(OCC5OC(OC)C(OC)C5OC)C(OC)C4OC)C(OC)C3OC)C(OC)C2OC)C(OC)C1OC. The summed E-state index contributed by atoms with van der Waals surface area (Å²) in [7, 11) is 18.8. The number of ether oxygens (including phenoxy) is 21. The lowest BCUT2D eigenvalue weighted by Crippen LogP contribution is -2.42. The van der Waals surface area contributed by atoms with E-state index in [1.165, 1.54) is 0 Å². The van der Waals surface area contributed by atoms with Crippen molar-refractivity contribution < 1.29 is 99.5 Å². The van der Waals surface area contributed by atoms with Crippen molar-refractivity contribution in [1.29, 1.82) is 0 Å². The van der Waals surface area contributed by atoms with Crippen LogP contribution in [0.2, 0.25) is 0 Å². The Morgan fingerprint density at radius 1 is 0.241 bits per heavy atom. The van der Waals surface area contributed by atoms with Crippen LogP contribution in [0.1, 0.15) is 0 Å². The van der Waals surface area contributed by atoms with Crippen LogP contribution in [0.3, 0.4) is 0 Å². The van der Waals surface area contributed by atoms with Crippen molar-refractivity contribution in [3.05, 3.63) is 0 Å². The quantitative estimate of drug-likeness (QED) is 0.110. The largest absolute Gasteiger partial charge is 0.382 e. The summed E-state index contributed by atoms with van der Waals surface area (Å²) in [5.41, 5.74) is 0. The predicted octanol–water partition coefficient (Wildman–Crippen LogP) is -0.880. The van der Waals surface area contributed by atoms with E-state index in [-0.39, 0.29) is 38.6 Å². The van der Waals surface area contributed by atoms with Crippen LogP contribution in [0.25, 0.3) is 0 Å². The van der Waals surface area contributed by atoms with Gasteiger partial charge in [0.2, 0.25) is 0 Å². The second kappa shape index (κ2) is 23.6. The Labute approximate surface area is 340 Å². The van der Waals surface area contributed by atoms with Gasteiger partial charge >= 0.3 is 0 Å². The summed E-state index contributed by atoms with van der Waals surface area (Å²) in [6, 6.07) is 0. The molecule has 0 N–H and O–H groups in total. The Hall–Kier alpha value is -0.840. The molecular formula is C37H66O21. The Morgan fingerprint density at radius 3 is 0.655 bits per heavy atom. The molecule has 0 aromatic carbocycles. The molecule has 0 amide bonds. The van der Waals surface area contributed by atoms with Gasteiger partial charge in [-0.05, 0) is 0 Å². The van der Waals surface area contributed by atoms with Crippen molar-refractivity contribution >= 4 is 0 Å². The van der Waals surface area contributed by atoms with E-state index in [1.807, 2.05) is 0 Å². The van der Waals surface area contributed by atoms with Gasteiger partial charge in [0.15, 0.2) is 31.5 Å². The zero-order valence-electron chi connectivity index (χ0n) is 35.7. The smallest absolute Gasteiger partial charge is 0.187 e. The minimum atomic E-state index is -0.856. The topological polar surface area (TPSA) is 194 Å². The Balaban J connectivity index is 1.15. The first kappa shape index (κ1) is 48.2. The third-order valence-electron chi connectivity index (χ3n) is 11.3. The van der Waals surface area contributed by atoms with Crippen molar-refractivity contribution in [2.75, 3.05) is 118 Å². The molecule has 0 saturated carbocycles. The molecule has 21 nitrogen and oxygen atoms in total. The average molecular weight is 847 g/mol. The van der Waals surface area contributed by atoms with Gasteiger partial charge in [-0.25, -0.2) is 0 Å². The first-order chi connectivity index (χ1) is 28.2. The van der Waals surface area contributed by atoms with Crippen molar-refractivity contribution in [2.45, 2.75) is 123 Å². The van der Waals surface area contributed by atoms with Crippen LogP contribution in [0.4, 0.5) is 0 Å². The second-order valence-corrected chi connectivity index (χ2v) is 14.2. The van der Waals surface area contributed by atoms with Gasteiger partial charge in [0.05, 0.1) is 33.0 Å². The van der Waals surface area contributed by atoms with Gasteiger partial charge in [-0.2, -0.15) is 0 Å². The van der Waals surface area contributed by atoms with Crippen molar-refractivity contribution in [2.24, 2.45) is 0 Å². The Morgan fingerprint density at radius 2 is 0.448 bits per heavy atom. The molecule has 5 fully saturated rings. The van der Waals surface area contributed by atoms with Gasteiger partial charge in [0.1, 0.15) is 91.6 Å². The highest BCUT2D eigenvalue weighted by Gasteiger charge is 2.53. The van der Waals surface area contributed by atoms with E-state index in [0.29, 0.717) is 6.61 Å². The summed E-state index contributed by atoms with van der Waals surface area (Å²) in [5.74, 6) is 0. The second-order valence-electron chi connectivity index (χ2n) is 14.2. The lowest BCUT2D eigenvalue weighted by molar-refractivity contribution is -0.230. The minimum Gasteiger partial charge on any atom is -0.382 e. The van der Waals surface area contributed by atoms with E-state index in [0.717, 1.165) is 0 Å². The van der Waals surface area contributed by atoms with Gasteiger partial charge in [-0.15, -0.1) is 0 Å². The normalized spacial score (nSPS) is 44.3. The third-order valence-corrected chi connectivity index (χ3v) is 11.3. The number of rotatable bonds is 25. The number of hydrogen-bond donors (Lipinski definition) is 0. The number of methoxy groups -OCH3 is 12. The Bertz CT molecular complexity index is 1160. The zero-order chi connectivity index (χ0) is 41.9. The van der Waals surface area contributed by atoms with Gasteiger partial charge in [-0.3, -0.25) is 0 Å². The molecular weight excluding hydrogens is 780 g/mol. The summed E-state index contributed by atoms with van der Waals surface area (Å²) in [4.78, 5) is 0. The number of hydrogen-bond acceptors (Lipinski definition) is 21. The molecule has 5 aliphatic heterocycles. The molecule has 5 saturated heterocycles. The monoisotopic (exact) mass is 846 g/mol. The summed E-state index contributed by atoms with van der Waals surface area (Å²) in [6.45, 7) is 0.606. The first-order valence-electron chi connectivity index (χ1n) is 19.3. The van der Waals surface area contributed by atoms with Crippen LogP contribution >= 0.6 is 0 Å². The van der Waals surface area contributed by atoms with Crippen molar-refractivity contribution in [3.63, 3.8) is 0 Å². The molecule has 0 bridgehead atoms. The fourth-order valence-electron chi connectivity index (χ4n) is 8.44. The fraction of sp³-hybridized carbons (Fsp3) is 1.00. The van der Waals surface area contributed by atoms with Crippen molar-refractivity contribution in [1.82, 2.24) is 0 Å². The summed E-state index contributed by atoms with van der Waals surface area (Å²) >= 11 is 0. The molecule has 0 radical (unpaired) electrons. The molecule has 0 aromatic heterocycles. The first-order valence-corrected chi connectivity index (χ1v) is 19.3. The molecule has 5 rings (SSSR count). The van der Waals surface area contributed by atoms with Crippen LogP contribution in [-0.4, -0.2) is 241 Å². The van der Waals surface area contributed by atoms with Crippen LogP contribution < -0.4 is 0 Å². The average Bonchev–Trinajstić information content (AvgIpc) is 4.04. The maximum absolute atomic E-state index is 6.34. The molecule has 0 aromatic rings. The molecule has 5 heterocycles. The molecule has 21 heteroatoms. The Kier molecular flexibility index (Phi) is 19.6. The molecule has 20 unspecified atom stereocenters. The van der Waals surface area contributed by atoms with E-state index in [4.69, 9.17) is 99.5 Å². The molecule has 5 aliphatic rings. The summed E-state index contributed by atoms with van der Waals surface area (Å²) in [5, 5.41) is 0. The highest BCUT2D eigenvalue weighted by molar-refractivity contribution is 4.95. The van der Waals surface area contributed by atoms with Crippen LogP contribution in [-0.2, 0) is 99.5 Å². The fourth-order valence-corrected chi connectivity index (χ4v) is 8.44. The lowest BCUT2D eigenvalue weighted by atomic mass is 10.1. The van der Waals surface area contributed by atoms with Crippen LogP contribution in [0, 0.1) is 0 Å². The maximum Gasteiger partial charge on any atom is 0.187 e. The summed E-state index contributed by atoms with van der Waals surface area (Å²) < 4.78 is 124. The zero-order valence-corrected chi connectivity index (χ0v) is 35.7. The highest BCUT2D eigenvalue weighted by atomic mass is 16.8. The van der Waals surface area contributed by atoms with Gasteiger partial charge in [0, 0.05) is 85.3 Å². The molecule has 58 heavy (non-hydrogen) atoms. The van der Waals surface area contributed by atoms with Gasteiger partial charge in [-0.1, -0.05) is 0 Å². The van der Waals surface area contributed by atoms with E-state index in [9.17, 15) is 0 Å². The standard InChI is InChI=1S/C37H66O21/c1-38-13-18-23(39-2)29(45-8)34(55-18)51-15-20-25(41-4)31(47-10)36(57-20)53-17-22-27(43-6)32(48-11)37(58-22)52-16-21-26(42-5)30(46-9)35(56-21)50-14-19-24(40-3)28(44-7)33(49-12)54-19/h18-37H,13-17H2,1-12H3. The lowest BCUT2D eigenvalue weighted by Gasteiger charge is -2.24. The van der Waals surface area contributed by atoms with E-state index < -0.39 is 111 Å². The molecule has 0 spiro atoms. The van der Waals surface area contributed by atoms with Crippen molar-refractivity contribution in [3.8, 4) is 0 Å². The predicted molar refractivity (Wildman–Crippen MR) is 194 cm³/mol. The molecule has 0 aliphatic carbocycles. The van der Waals surface area contributed by atoms with Crippen LogP contribution in [0.5, 0.6) is 0 Å². The minimum absolute atomic E-state index is 0.0420. The van der Waals surface area contributed by atoms with E-state index in [2.05, 4.69) is 0 Å². The van der Waals surface area contributed by atoms with Crippen LogP contribution in [0.15, 0.2) is 0 Å². The van der Waals surface area contributed by atoms with E-state index in [1.54, 1.807) is 85.3 Å². The third kappa shape index (κ3) is 10.5. The highest BCUT2D eigenvalue weighted by Crippen LogP contribution is 2.35. The summed E-state index contributed by atoms with van der Waals surface area (Å²) in [6.07, 6.45) is -11.7. The molecule has 340 valence electrons. The van der Waals surface area contributed by atoms with Gasteiger partial charge < -0.3 is 99.5 Å².